The number of alkyl halides is 1. The minimum absolute atomic E-state index is 0.151. The van der Waals surface area contributed by atoms with E-state index < -0.39 is 0 Å². The first-order chi connectivity index (χ1) is 12.2. The van der Waals surface area contributed by atoms with Crippen molar-refractivity contribution in [3.8, 4) is 11.1 Å². The fraction of sp³-hybridized carbons (Fsp3) is 0.364. The molecule has 3 rings (SSSR count). The first-order valence-electron chi connectivity index (χ1n) is 8.95. The Kier molecular flexibility index (Phi) is 6.25. The van der Waals surface area contributed by atoms with Crippen LogP contribution in [0.15, 0.2) is 54.6 Å². The Hall–Kier alpha value is -1.67. The van der Waals surface area contributed by atoms with Crippen LogP contribution in [0.5, 0.6) is 0 Å². The second-order valence-corrected chi connectivity index (χ2v) is 7.18. The van der Waals surface area contributed by atoms with E-state index in [0.717, 1.165) is 24.0 Å². The zero-order valence-electron chi connectivity index (χ0n) is 14.2. The molecule has 0 N–H and O–H groups in total. The van der Waals surface area contributed by atoms with Crippen molar-refractivity contribution in [1.29, 1.82) is 0 Å². The van der Waals surface area contributed by atoms with Gasteiger partial charge in [-0.1, -0.05) is 54.1 Å². The maximum absolute atomic E-state index is 13.6. The quantitative estimate of drug-likeness (QED) is 0.489. The zero-order chi connectivity index (χ0) is 17.6. The van der Waals surface area contributed by atoms with Crippen molar-refractivity contribution in [2.45, 2.75) is 38.0 Å². The van der Waals surface area contributed by atoms with Crippen molar-refractivity contribution < 1.29 is 8.78 Å². The molecule has 2 aromatic rings. The molecule has 0 radical (unpaired) electrons. The number of allylic oxidation sites excluding steroid dienone is 2. The molecule has 0 unspecified atom stereocenters. The molecule has 25 heavy (non-hydrogen) atoms. The molecule has 0 aromatic heterocycles. The highest BCUT2D eigenvalue weighted by atomic mass is 35.5. The molecular weight excluding hydrogens is 338 g/mol. The third kappa shape index (κ3) is 4.70. The molecule has 0 heterocycles. The Morgan fingerprint density at radius 1 is 0.960 bits per heavy atom. The van der Waals surface area contributed by atoms with E-state index in [1.807, 2.05) is 12.1 Å². The number of benzene rings is 2. The highest BCUT2D eigenvalue weighted by molar-refractivity contribution is 6.30. The van der Waals surface area contributed by atoms with Gasteiger partial charge in [0.25, 0.3) is 0 Å². The summed E-state index contributed by atoms with van der Waals surface area (Å²) in [6.45, 7) is -0.268. The number of hydrogen-bond donors (Lipinski definition) is 0. The van der Waals surface area contributed by atoms with Gasteiger partial charge in [-0.25, -0.2) is 4.39 Å². The molecule has 0 bridgehead atoms. The van der Waals surface area contributed by atoms with E-state index in [0.29, 0.717) is 18.3 Å². The van der Waals surface area contributed by atoms with E-state index in [1.54, 1.807) is 6.07 Å². The standard InChI is InChI=1S/C22H23ClF2/c23-21-13-12-20(15-22(21)25)19-10-8-18(9-11-19)17-6-4-16(5-7-17)3-1-2-14-24/h1,3,8-13,15-17H,2,4-7,14H2. The molecule has 0 atom stereocenters. The summed E-state index contributed by atoms with van der Waals surface area (Å²) in [6.07, 6.45) is 9.36. The van der Waals surface area contributed by atoms with Crippen LogP contribution in [-0.2, 0) is 0 Å². The summed E-state index contributed by atoms with van der Waals surface area (Å²) in [5.74, 6) is 0.795. The molecule has 132 valence electrons. The molecule has 0 amide bonds. The van der Waals surface area contributed by atoms with Gasteiger partial charge < -0.3 is 0 Å². The third-order valence-electron chi connectivity index (χ3n) is 5.09. The summed E-state index contributed by atoms with van der Waals surface area (Å²) in [7, 11) is 0. The lowest BCUT2D eigenvalue weighted by molar-refractivity contribution is 0.375. The highest BCUT2D eigenvalue weighted by Gasteiger charge is 2.20. The van der Waals surface area contributed by atoms with Gasteiger partial charge in [-0.3, -0.25) is 4.39 Å². The first-order valence-corrected chi connectivity index (χ1v) is 9.33. The molecular formula is C22H23ClF2. The molecule has 1 fully saturated rings. The molecule has 3 heteroatoms. The molecule has 1 aliphatic carbocycles. The van der Waals surface area contributed by atoms with Crippen molar-refractivity contribution in [3.63, 3.8) is 0 Å². The average molecular weight is 361 g/mol. The highest BCUT2D eigenvalue weighted by Crippen LogP contribution is 2.37. The van der Waals surface area contributed by atoms with Gasteiger partial charge in [0.2, 0.25) is 0 Å². The molecule has 0 saturated heterocycles. The summed E-state index contributed by atoms with van der Waals surface area (Å²) in [4.78, 5) is 0. The van der Waals surface area contributed by atoms with E-state index >= 15 is 0 Å². The van der Waals surface area contributed by atoms with E-state index in [1.165, 1.54) is 24.5 Å². The smallest absolute Gasteiger partial charge is 0.142 e. The summed E-state index contributed by atoms with van der Waals surface area (Å²) in [5, 5.41) is 0.151. The van der Waals surface area contributed by atoms with Gasteiger partial charge in [0, 0.05) is 0 Å². The Bertz CT molecular complexity index is 713. The van der Waals surface area contributed by atoms with Crippen molar-refractivity contribution >= 4 is 11.6 Å². The monoisotopic (exact) mass is 360 g/mol. The second kappa shape index (κ2) is 8.62. The van der Waals surface area contributed by atoms with Crippen LogP contribution in [0.2, 0.25) is 5.02 Å². The maximum atomic E-state index is 13.6. The van der Waals surface area contributed by atoms with Crippen LogP contribution in [0.25, 0.3) is 11.1 Å². The van der Waals surface area contributed by atoms with Crippen LogP contribution in [0, 0.1) is 11.7 Å². The van der Waals surface area contributed by atoms with Crippen molar-refractivity contribution in [1.82, 2.24) is 0 Å². The Morgan fingerprint density at radius 3 is 2.28 bits per heavy atom. The molecule has 0 spiro atoms. The lowest BCUT2D eigenvalue weighted by Gasteiger charge is -2.27. The van der Waals surface area contributed by atoms with Crippen LogP contribution in [0.3, 0.4) is 0 Å². The number of rotatable bonds is 5. The van der Waals surface area contributed by atoms with Gasteiger partial charge in [0.05, 0.1) is 11.7 Å². The van der Waals surface area contributed by atoms with Gasteiger partial charge in [0.1, 0.15) is 5.82 Å². The fourth-order valence-corrected chi connectivity index (χ4v) is 3.74. The summed E-state index contributed by atoms with van der Waals surface area (Å²) < 4.78 is 25.8. The Morgan fingerprint density at radius 2 is 1.64 bits per heavy atom. The Balaban J connectivity index is 1.62. The average Bonchev–Trinajstić information content (AvgIpc) is 2.65. The number of hydrogen-bond acceptors (Lipinski definition) is 0. The van der Waals surface area contributed by atoms with Crippen LogP contribution >= 0.6 is 11.6 Å². The van der Waals surface area contributed by atoms with Crippen LogP contribution < -0.4 is 0 Å². The predicted molar refractivity (Wildman–Crippen MR) is 101 cm³/mol. The minimum Gasteiger partial charge on any atom is -0.251 e. The van der Waals surface area contributed by atoms with Crippen LogP contribution in [-0.4, -0.2) is 6.67 Å². The molecule has 1 saturated carbocycles. The lowest BCUT2D eigenvalue weighted by atomic mass is 9.78. The van der Waals surface area contributed by atoms with E-state index in [2.05, 4.69) is 30.3 Å². The predicted octanol–water partition coefficient (Wildman–Crippen LogP) is 7.34. The molecule has 0 aliphatic heterocycles. The van der Waals surface area contributed by atoms with E-state index in [4.69, 9.17) is 11.6 Å². The number of halogens is 3. The summed E-state index contributed by atoms with van der Waals surface area (Å²) in [6, 6.07) is 13.4. The van der Waals surface area contributed by atoms with Gasteiger partial charge in [-0.2, -0.15) is 0 Å². The largest absolute Gasteiger partial charge is 0.251 e. The molecule has 0 nitrogen and oxygen atoms in total. The van der Waals surface area contributed by atoms with Crippen molar-refractivity contribution in [3.05, 3.63) is 71.0 Å². The van der Waals surface area contributed by atoms with Crippen molar-refractivity contribution in [2.75, 3.05) is 6.67 Å². The summed E-state index contributed by atoms with van der Waals surface area (Å²) in [5.41, 5.74) is 3.20. The topological polar surface area (TPSA) is 0 Å². The van der Waals surface area contributed by atoms with Gasteiger partial charge in [-0.15, -0.1) is 0 Å². The normalized spacial score (nSPS) is 20.9. The van der Waals surface area contributed by atoms with E-state index in [9.17, 15) is 8.78 Å². The summed E-state index contributed by atoms with van der Waals surface area (Å²) >= 11 is 5.75. The maximum Gasteiger partial charge on any atom is 0.142 e. The van der Waals surface area contributed by atoms with Crippen molar-refractivity contribution in [2.24, 2.45) is 5.92 Å². The van der Waals surface area contributed by atoms with Gasteiger partial charge in [-0.05, 0) is 72.8 Å². The fourth-order valence-electron chi connectivity index (χ4n) is 3.62. The van der Waals surface area contributed by atoms with Crippen LogP contribution in [0.1, 0.15) is 43.6 Å². The third-order valence-corrected chi connectivity index (χ3v) is 5.40. The van der Waals surface area contributed by atoms with Gasteiger partial charge >= 0.3 is 0 Å². The SMILES string of the molecule is FCCC=CC1CCC(c2ccc(-c3ccc(Cl)c(F)c3)cc2)CC1. The van der Waals surface area contributed by atoms with Gasteiger partial charge in [0.15, 0.2) is 0 Å². The van der Waals surface area contributed by atoms with E-state index in [-0.39, 0.29) is 17.5 Å². The first kappa shape index (κ1) is 18.1. The minimum atomic E-state index is -0.387. The lowest BCUT2D eigenvalue weighted by Crippen LogP contribution is -2.11. The molecule has 1 aliphatic rings. The second-order valence-electron chi connectivity index (χ2n) is 6.77. The molecule has 2 aromatic carbocycles. The van der Waals surface area contributed by atoms with Crippen LogP contribution in [0.4, 0.5) is 8.78 Å². The Labute approximate surface area is 153 Å². The zero-order valence-corrected chi connectivity index (χ0v) is 15.0.